The van der Waals surface area contributed by atoms with Gasteiger partial charge in [-0.1, -0.05) is 11.3 Å². The van der Waals surface area contributed by atoms with E-state index in [1.807, 2.05) is 18.2 Å². The molecule has 2 aliphatic heterocycles. The standard InChI is InChI=1S/C19H26N4O2S/c24-18(20-6-3-9-22-7-1-2-8-22)15-4-5-16-17(14-15)26-19(21-16)23-10-12-25-13-11-23/h4-5,14H,1-3,6-13H2,(H,20,24). The van der Waals surface area contributed by atoms with Crippen LogP contribution in [-0.4, -0.2) is 68.3 Å². The average molecular weight is 375 g/mol. The molecule has 0 atom stereocenters. The second-order valence-electron chi connectivity index (χ2n) is 6.94. The largest absolute Gasteiger partial charge is 0.378 e. The summed E-state index contributed by atoms with van der Waals surface area (Å²) in [5.74, 6) is 0.00893. The average Bonchev–Trinajstić information content (AvgIpc) is 3.34. The van der Waals surface area contributed by atoms with E-state index in [0.29, 0.717) is 0 Å². The summed E-state index contributed by atoms with van der Waals surface area (Å²) in [5.41, 5.74) is 1.68. The van der Waals surface area contributed by atoms with Gasteiger partial charge in [-0.05, 0) is 57.1 Å². The summed E-state index contributed by atoms with van der Waals surface area (Å²) in [6, 6.07) is 5.79. The van der Waals surface area contributed by atoms with Gasteiger partial charge >= 0.3 is 0 Å². The molecule has 1 N–H and O–H groups in total. The molecule has 0 saturated carbocycles. The van der Waals surface area contributed by atoms with E-state index in [-0.39, 0.29) is 5.91 Å². The molecule has 0 spiro atoms. The Morgan fingerprint density at radius 3 is 2.81 bits per heavy atom. The summed E-state index contributed by atoms with van der Waals surface area (Å²) in [4.78, 5) is 21.9. The number of ether oxygens (including phenoxy) is 1. The first-order chi connectivity index (χ1) is 12.8. The fourth-order valence-corrected chi connectivity index (χ4v) is 4.61. The summed E-state index contributed by atoms with van der Waals surface area (Å²) >= 11 is 1.65. The fraction of sp³-hybridized carbons (Fsp3) is 0.579. The highest BCUT2D eigenvalue weighted by atomic mass is 32.1. The van der Waals surface area contributed by atoms with E-state index in [0.717, 1.165) is 66.7 Å². The number of aromatic nitrogens is 1. The van der Waals surface area contributed by atoms with E-state index in [4.69, 9.17) is 9.72 Å². The van der Waals surface area contributed by atoms with Gasteiger partial charge in [0.05, 0.1) is 23.4 Å². The molecule has 1 aromatic heterocycles. The van der Waals surface area contributed by atoms with Gasteiger partial charge in [0.1, 0.15) is 0 Å². The normalized spacial score (nSPS) is 18.5. The molecule has 0 unspecified atom stereocenters. The van der Waals surface area contributed by atoms with E-state index in [1.165, 1.54) is 25.9 Å². The molecule has 6 nitrogen and oxygen atoms in total. The number of nitrogens with zero attached hydrogens (tertiary/aromatic N) is 3. The van der Waals surface area contributed by atoms with E-state index in [1.54, 1.807) is 11.3 Å². The van der Waals surface area contributed by atoms with Crippen molar-refractivity contribution in [1.29, 1.82) is 0 Å². The lowest BCUT2D eigenvalue weighted by Crippen LogP contribution is -2.36. The SMILES string of the molecule is O=C(NCCCN1CCCC1)c1ccc2nc(N3CCOCC3)sc2c1. The number of fused-ring (bicyclic) bond motifs is 1. The van der Waals surface area contributed by atoms with E-state index in [2.05, 4.69) is 15.1 Å². The van der Waals surface area contributed by atoms with E-state index >= 15 is 0 Å². The number of amides is 1. The Balaban J connectivity index is 1.34. The van der Waals surface area contributed by atoms with Crippen LogP contribution in [0.15, 0.2) is 18.2 Å². The van der Waals surface area contributed by atoms with Crippen molar-refractivity contribution in [3.05, 3.63) is 23.8 Å². The Kier molecular flexibility index (Phi) is 5.67. The lowest BCUT2D eigenvalue weighted by atomic mass is 10.2. The zero-order valence-electron chi connectivity index (χ0n) is 15.1. The third-order valence-corrected chi connectivity index (χ3v) is 6.14. The number of rotatable bonds is 6. The van der Waals surface area contributed by atoms with Crippen LogP contribution in [0.3, 0.4) is 0 Å². The predicted molar refractivity (Wildman–Crippen MR) is 105 cm³/mol. The highest BCUT2D eigenvalue weighted by Gasteiger charge is 2.16. The number of carbonyl (C=O) groups excluding carboxylic acids is 1. The lowest BCUT2D eigenvalue weighted by molar-refractivity contribution is 0.0952. The van der Waals surface area contributed by atoms with Crippen molar-refractivity contribution in [1.82, 2.24) is 15.2 Å². The van der Waals surface area contributed by atoms with Gasteiger partial charge in [-0.25, -0.2) is 4.98 Å². The molecule has 2 aliphatic rings. The quantitative estimate of drug-likeness (QED) is 0.787. The van der Waals surface area contributed by atoms with E-state index in [9.17, 15) is 4.79 Å². The van der Waals surface area contributed by atoms with Crippen molar-refractivity contribution in [2.45, 2.75) is 19.3 Å². The highest BCUT2D eigenvalue weighted by Crippen LogP contribution is 2.30. The van der Waals surface area contributed by atoms with Crippen LogP contribution in [0.5, 0.6) is 0 Å². The molecule has 2 fully saturated rings. The molecule has 0 bridgehead atoms. The van der Waals surface area contributed by atoms with Crippen LogP contribution >= 0.6 is 11.3 Å². The molecule has 2 aromatic rings. The Hall–Kier alpha value is -1.70. The second-order valence-corrected chi connectivity index (χ2v) is 7.95. The first kappa shape index (κ1) is 17.7. The van der Waals surface area contributed by atoms with E-state index < -0.39 is 0 Å². The zero-order chi connectivity index (χ0) is 17.8. The molecule has 0 radical (unpaired) electrons. The minimum atomic E-state index is 0.00893. The van der Waals surface area contributed by atoms with Crippen molar-refractivity contribution in [3.63, 3.8) is 0 Å². The third kappa shape index (κ3) is 4.16. The first-order valence-electron chi connectivity index (χ1n) is 9.53. The van der Waals surface area contributed by atoms with Crippen molar-refractivity contribution in [2.75, 3.05) is 57.4 Å². The van der Waals surface area contributed by atoms with Crippen LogP contribution in [0.1, 0.15) is 29.6 Å². The van der Waals surface area contributed by atoms with Gasteiger partial charge in [-0.15, -0.1) is 0 Å². The molecular formula is C19H26N4O2S. The second kappa shape index (κ2) is 8.33. The number of likely N-dealkylation sites (tertiary alicyclic amines) is 1. The van der Waals surface area contributed by atoms with Gasteiger partial charge in [0, 0.05) is 25.2 Å². The van der Waals surface area contributed by atoms with Crippen LogP contribution < -0.4 is 10.2 Å². The van der Waals surface area contributed by atoms with Crippen LogP contribution in [0.25, 0.3) is 10.2 Å². The van der Waals surface area contributed by atoms with Crippen molar-refractivity contribution in [2.24, 2.45) is 0 Å². The molecular weight excluding hydrogens is 348 g/mol. The minimum absolute atomic E-state index is 0.00893. The molecule has 7 heteroatoms. The van der Waals surface area contributed by atoms with Gasteiger partial charge in [-0.2, -0.15) is 0 Å². The number of nitrogens with one attached hydrogen (secondary N) is 1. The summed E-state index contributed by atoms with van der Waals surface area (Å²) < 4.78 is 6.47. The molecule has 1 amide bonds. The van der Waals surface area contributed by atoms with Crippen LogP contribution in [-0.2, 0) is 4.74 Å². The fourth-order valence-electron chi connectivity index (χ4n) is 3.56. The first-order valence-corrected chi connectivity index (χ1v) is 10.3. The molecule has 0 aliphatic carbocycles. The Morgan fingerprint density at radius 2 is 2.00 bits per heavy atom. The van der Waals surface area contributed by atoms with Crippen molar-refractivity contribution >= 4 is 32.6 Å². The Morgan fingerprint density at radius 1 is 1.19 bits per heavy atom. The summed E-state index contributed by atoms with van der Waals surface area (Å²) in [6.07, 6.45) is 3.64. The maximum Gasteiger partial charge on any atom is 0.251 e. The number of anilines is 1. The lowest BCUT2D eigenvalue weighted by Gasteiger charge is -2.25. The minimum Gasteiger partial charge on any atom is -0.378 e. The van der Waals surface area contributed by atoms with Gasteiger partial charge in [0.15, 0.2) is 5.13 Å². The number of morpholine rings is 1. The topological polar surface area (TPSA) is 57.7 Å². The summed E-state index contributed by atoms with van der Waals surface area (Å²) in [6.45, 7) is 7.49. The monoisotopic (exact) mass is 374 g/mol. The number of benzene rings is 1. The molecule has 2 saturated heterocycles. The van der Waals surface area contributed by atoms with Crippen LogP contribution in [0, 0.1) is 0 Å². The molecule has 1 aromatic carbocycles. The smallest absolute Gasteiger partial charge is 0.251 e. The van der Waals surface area contributed by atoms with Gasteiger partial charge in [0.25, 0.3) is 5.91 Å². The maximum absolute atomic E-state index is 12.4. The van der Waals surface area contributed by atoms with Crippen molar-refractivity contribution < 1.29 is 9.53 Å². The van der Waals surface area contributed by atoms with Crippen LogP contribution in [0.4, 0.5) is 5.13 Å². The van der Waals surface area contributed by atoms with Crippen LogP contribution in [0.2, 0.25) is 0 Å². The molecule has 26 heavy (non-hydrogen) atoms. The Bertz CT molecular complexity index is 751. The van der Waals surface area contributed by atoms with Gasteiger partial charge in [0.2, 0.25) is 0 Å². The number of thiazole rings is 1. The molecule has 140 valence electrons. The Labute approximate surface area is 158 Å². The highest BCUT2D eigenvalue weighted by molar-refractivity contribution is 7.22. The van der Waals surface area contributed by atoms with Gasteiger partial charge in [-0.3, -0.25) is 4.79 Å². The number of hydrogen-bond donors (Lipinski definition) is 1. The number of carbonyl (C=O) groups is 1. The van der Waals surface area contributed by atoms with Gasteiger partial charge < -0.3 is 19.9 Å². The predicted octanol–water partition coefficient (Wildman–Crippen LogP) is 2.35. The maximum atomic E-state index is 12.4. The number of hydrogen-bond acceptors (Lipinski definition) is 6. The molecule has 4 rings (SSSR count). The van der Waals surface area contributed by atoms with Crippen molar-refractivity contribution in [3.8, 4) is 0 Å². The third-order valence-electron chi connectivity index (χ3n) is 5.06. The zero-order valence-corrected chi connectivity index (χ0v) is 15.9. The summed E-state index contributed by atoms with van der Waals surface area (Å²) in [5, 5.41) is 4.07. The molecule has 3 heterocycles. The summed E-state index contributed by atoms with van der Waals surface area (Å²) in [7, 11) is 0.